The molecule has 1 heterocycles. The molecule has 2 unspecified atom stereocenters. The summed E-state index contributed by atoms with van der Waals surface area (Å²) in [7, 11) is -3.36. The van der Waals surface area contributed by atoms with Gasteiger partial charge in [-0.3, -0.25) is 0 Å². The zero-order valence-corrected chi connectivity index (χ0v) is 11.3. The Labute approximate surface area is 103 Å². The van der Waals surface area contributed by atoms with Crippen LogP contribution in [0.5, 0.6) is 0 Å². The number of rotatable bonds is 3. The number of aliphatic hydroxyl groups is 1. The highest BCUT2D eigenvalue weighted by molar-refractivity contribution is 7.87. The molecule has 0 aromatic rings. The molecular formula is C11H22N2O3S. The van der Waals surface area contributed by atoms with E-state index in [1.165, 1.54) is 0 Å². The largest absolute Gasteiger partial charge is 0.393 e. The van der Waals surface area contributed by atoms with Gasteiger partial charge in [0, 0.05) is 19.1 Å². The summed E-state index contributed by atoms with van der Waals surface area (Å²) in [5.74, 6) is 0.838. The van der Waals surface area contributed by atoms with Crippen LogP contribution in [0, 0.1) is 11.8 Å². The SMILES string of the molecule is CC1CC(C)CN(S(=O)(=O)NC2CC(O)C2)C1. The number of hydrogen-bond donors (Lipinski definition) is 2. The van der Waals surface area contributed by atoms with Crippen molar-refractivity contribution in [2.45, 2.75) is 45.3 Å². The third kappa shape index (κ3) is 3.19. The van der Waals surface area contributed by atoms with E-state index in [0.717, 1.165) is 6.42 Å². The minimum atomic E-state index is -3.36. The Balaban J connectivity index is 1.95. The molecule has 1 aliphatic heterocycles. The predicted molar refractivity (Wildman–Crippen MR) is 65.6 cm³/mol. The molecule has 2 N–H and O–H groups in total. The van der Waals surface area contributed by atoms with Crippen LogP contribution in [-0.4, -0.2) is 43.1 Å². The van der Waals surface area contributed by atoms with Crippen molar-refractivity contribution in [1.82, 2.24) is 9.03 Å². The Morgan fingerprint density at radius 2 is 1.65 bits per heavy atom. The second-order valence-corrected chi connectivity index (χ2v) is 7.41. The summed E-state index contributed by atoms with van der Waals surface area (Å²) in [4.78, 5) is 0. The molecule has 1 saturated carbocycles. The van der Waals surface area contributed by atoms with Crippen molar-refractivity contribution >= 4 is 10.2 Å². The van der Waals surface area contributed by atoms with E-state index in [0.29, 0.717) is 37.8 Å². The van der Waals surface area contributed by atoms with E-state index in [1.54, 1.807) is 4.31 Å². The standard InChI is InChI=1S/C11H22N2O3S/c1-8-3-9(2)7-13(6-8)17(15,16)12-10-4-11(14)5-10/h8-12,14H,3-7H2,1-2H3. The summed E-state index contributed by atoms with van der Waals surface area (Å²) in [6.45, 7) is 5.39. The van der Waals surface area contributed by atoms with Crippen molar-refractivity contribution in [3.05, 3.63) is 0 Å². The molecular weight excluding hydrogens is 240 g/mol. The molecule has 6 heteroatoms. The van der Waals surface area contributed by atoms with E-state index in [-0.39, 0.29) is 12.1 Å². The lowest BCUT2D eigenvalue weighted by molar-refractivity contribution is 0.0700. The van der Waals surface area contributed by atoms with Gasteiger partial charge in [0.05, 0.1) is 6.10 Å². The lowest BCUT2D eigenvalue weighted by Gasteiger charge is -2.37. The highest BCUT2D eigenvalue weighted by atomic mass is 32.2. The van der Waals surface area contributed by atoms with Crippen LogP contribution in [0.1, 0.15) is 33.1 Å². The quantitative estimate of drug-likeness (QED) is 0.769. The van der Waals surface area contributed by atoms with Crippen molar-refractivity contribution in [3.8, 4) is 0 Å². The number of nitrogens with zero attached hydrogens (tertiary/aromatic N) is 1. The molecule has 1 saturated heterocycles. The summed E-state index contributed by atoms with van der Waals surface area (Å²) in [6.07, 6.45) is 1.84. The molecule has 2 fully saturated rings. The zero-order chi connectivity index (χ0) is 12.6. The highest BCUT2D eigenvalue weighted by Crippen LogP contribution is 2.25. The summed E-state index contributed by atoms with van der Waals surface area (Å²) in [6, 6.07) is -0.0810. The number of piperidine rings is 1. The van der Waals surface area contributed by atoms with E-state index < -0.39 is 10.2 Å². The fourth-order valence-electron chi connectivity index (χ4n) is 2.77. The van der Waals surface area contributed by atoms with Crippen LogP contribution in [0.3, 0.4) is 0 Å². The maximum atomic E-state index is 12.1. The third-order valence-corrected chi connectivity index (χ3v) is 5.21. The third-order valence-electron chi connectivity index (χ3n) is 3.60. The molecule has 17 heavy (non-hydrogen) atoms. The van der Waals surface area contributed by atoms with Gasteiger partial charge in [-0.25, -0.2) is 0 Å². The van der Waals surface area contributed by atoms with Gasteiger partial charge in [0.25, 0.3) is 10.2 Å². The minimum absolute atomic E-state index is 0.0810. The molecule has 0 bridgehead atoms. The van der Waals surface area contributed by atoms with E-state index in [4.69, 9.17) is 5.11 Å². The van der Waals surface area contributed by atoms with E-state index in [1.807, 2.05) is 0 Å². The van der Waals surface area contributed by atoms with E-state index in [9.17, 15) is 8.42 Å². The maximum Gasteiger partial charge on any atom is 0.279 e. The molecule has 0 spiro atoms. The minimum Gasteiger partial charge on any atom is -0.393 e. The molecule has 1 aliphatic carbocycles. The van der Waals surface area contributed by atoms with Gasteiger partial charge in [-0.2, -0.15) is 17.4 Å². The Morgan fingerprint density at radius 1 is 1.12 bits per heavy atom. The topological polar surface area (TPSA) is 69.6 Å². The second kappa shape index (κ2) is 4.84. The number of aliphatic hydroxyl groups excluding tert-OH is 1. The van der Waals surface area contributed by atoms with Crippen LogP contribution >= 0.6 is 0 Å². The smallest absolute Gasteiger partial charge is 0.279 e. The summed E-state index contributed by atoms with van der Waals surface area (Å²) in [5.41, 5.74) is 0. The van der Waals surface area contributed by atoms with Crippen LogP contribution in [0.15, 0.2) is 0 Å². The summed E-state index contributed by atoms with van der Waals surface area (Å²) < 4.78 is 28.5. The van der Waals surface area contributed by atoms with E-state index in [2.05, 4.69) is 18.6 Å². The van der Waals surface area contributed by atoms with Crippen LogP contribution in [0.4, 0.5) is 0 Å². The number of nitrogens with one attached hydrogen (secondary N) is 1. The average molecular weight is 262 g/mol. The van der Waals surface area contributed by atoms with Gasteiger partial charge in [-0.15, -0.1) is 0 Å². The average Bonchev–Trinajstić information content (AvgIpc) is 2.13. The fourth-order valence-corrected chi connectivity index (χ4v) is 4.44. The number of hydrogen-bond acceptors (Lipinski definition) is 3. The molecule has 0 aromatic heterocycles. The van der Waals surface area contributed by atoms with Gasteiger partial charge < -0.3 is 5.11 Å². The van der Waals surface area contributed by atoms with Crippen molar-refractivity contribution in [3.63, 3.8) is 0 Å². The van der Waals surface area contributed by atoms with Gasteiger partial charge in [0.2, 0.25) is 0 Å². The van der Waals surface area contributed by atoms with Crippen LogP contribution < -0.4 is 4.72 Å². The summed E-state index contributed by atoms with van der Waals surface area (Å²) >= 11 is 0. The Hall–Kier alpha value is -0.170. The lowest BCUT2D eigenvalue weighted by Crippen LogP contribution is -2.54. The van der Waals surface area contributed by atoms with Crippen molar-refractivity contribution in [2.75, 3.05) is 13.1 Å². The Kier molecular flexibility index (Phi) is 3.77. The molecule has 100 valence electrons. The molecule has 5 nitrogen and oxygen atoms in total. The first-order chi connectivity index (χ1) is 7.87. The van der Waals surface area contributed by atoms with Gasteiger partial charge in [0.1, 0.15) is 0 Å². The second-order valence-electron chi connectivity index (χ2n) is 5.71. The Morgan fingerprint density at radius 3 is 2.12 bits per heavy atom. The molecule has 2 aliphatic rings. The molecule has 2 atom stereocenters. The maximum absolute atomic E-state index is 12.1. The van der Waals surface area contributed by atoms with Gasteiger partial charge in [-0.1, -0.05) is 13.8 Å². The summed E-state index contributed by atoms with van der Waals surface area (Å²) in [5, 5.41) is 9.16. The first kappa shape index (κ1) is 13.3. The first-order valence-corrected chi connectivity index (χ1v) is 7.76. The molecule has 0 aromatic carbocycles. The monoisotopic (exact) mass is 262 g/mol. The first-order valence-electron chi connectivity index (χ1n) is 6.32. The zero-order valence-electron chi connectivity index (χ0n) is 10.5. The van der Waals surface area contributed by atoms with E-state index >= 15 is 0 Å². The van der Waals surface area contributed by atoms with Crippen molar-refractivity contribution < 1.29 is 13.5 Å². The lowest BCUT2D eigenvalue weighted by atomic mass is 9.91. The van der Waals surface area contributed by atoms with Gasteiger partial charge in [0.15, 0.2) is 0 Å². The van der Waals surface area contributed by atoms with Crippen LogP contribution in [0.25, 0.3) is 0 Å². The Bertz CT molecular complexity index is 355. The van der Waals surface area contributed by atoms with Crippen molar-refractivity contribution in [1.29, 1.82) is 0 Å². The van der Waals surface area contributed by atoms with Crippen LogP contribution in [0.2, 0.25) is 0 Å². The normalized spacial score (nSPS) is 39.9. The fraction of sp³-hybridized carbons (Fsp3) is 1.00. The molecule has 0 radical (unpaired) electrons. The van der Waals surface area contributed by atoms with Crippen molar-refractivity contribution in [2.24, 2.45) is 11.8 Å². The molecule has 2 rings (SSSR count). The van der Waals surface area contributed by atoms with Gasteiger partial charge in [-0.05, 0) is 31.1 Å². The van der Waals surface area contributed by atoms with Gasteiger partial charge >= 0.3 is 0 Å². The molecule has 0 amide bonds. The predicted octanol–water partition coefficient (Wildman–Crippen LogP) is 0.322. The van der Waals surface area contributed by atoms with Crippen LogP contribution in [-0.2, 0) is 10.2 Å². The highest BCUT2D eigenvalue weighted by Gasteiger charge is 2.35.